The highest BCUT2D eigenvalue weighted by Gasteiger charge is 2.01. The minimum atomic E-state index is 0.663. The van der Waals surface area contributed by atoms with Gasteiger partial charge < -0.3 is 5.73 Å². The van der Waals surface area contributed by atoms with Gasteiger partial charge in [-0.1, -0.05) is 31.2 Å². The van der Waals surface area contributed by atoms with Gasteiger partial charge in [0.2, 0.25) is 0 Å². The maximum atomic E-state index is 5.66. The van der Waals surface area contributed by atoms with Gasteiger partial charge in [0.1, 0.15) is 0 Å². The smallest absolute Gasteiger partial charge is 0.0317 e. The second kappa shape index (κ2) is 3.44. The van der Waals surface area contributed by atoms with E-state index in [4.69, 9.17) is 5.73 Å². The molecule has 1 aromatic carbocycles. The van der Waals surface area contributed by atoms with E-state index in [-0.39, 0.29) is 0 Å². The molecule has 0 spiro atoms. The van der Waals surface area contributed by atoms with E-state index in [0.29, 0.717) is 5.70 Å². The third-order valence-corrected chi connectivity index (χ3v) is 1.99. The Labute approximate surface area is 73.9 Å². The van der Waals surface area contributed by atoms with Crippen LogP contribution in [0.1, 0.15) is 23.6 Å². The number of hydrogen-bond acceptors (Lipinski definition) is 1. The predicted octanol–water partition coefficient (Wildman–Crippen LogP) is 2.49. The van der Waals surface area contributed by atoms with Crippen LogP contribution in [-0.2, 0) is 6.42 Å². The number of benzene rings is 1. The summed E-state index contributed by atoms with van der Waals surface area (Å²) in [6.07, 6.45) is 1.01. The quantitative estimate of drug-likeness (QED) is 0.708. The average Bonchev–Trinajstić information content (AvgIpc) is 2.04. The van der Waals surface area contributed by atoms with E-state index in [2.05, 4.69) is 38.6 Å². The molecule has 2 N–H and O–H groups in total. The summed E-state index contributed by atoms with van der Waals surface area (Å²) in [5, 5.41) is 0. The van der Waals surface area contributed by atoms with E-state index in [9.17, 15) is 0 Å². The van der Waals surface area contributed by atoms with Crippen LogP contribution in [-0.4, -0.2) is 0 Å². The standard InChI is InChI=1S/C11H15N/c1-4-10-6-5-8(2)7-11(10)9(3)12/h5-7H,3-4,12H2,1-2H3. The summed E-state index contributed by atoms with van der Waals surface area (Å²) in [7, 11) is 0. The van der Waals surface area contributed by atoms with Crippen LogP contribution >= 0.6 is 0 Å². The summed E-state index contributed by atoms with van der Waals surface area (Å²) < 4.78 is 0. The van der Waals surface area contributed by atoms with Gasteiger partial charge in [0.15, 0.2) is 0 Å². The van der Waals surface area contributed by atoms with Crippen molar-refractivity contribution in [3.63, 3.8) is 0 Å². The Morgan fingerprint density at radius 3 is 2.67 bits per heavy atom. The summed E-state index contributed by atoms with van der Waals surface area (Å²) >= 11 is 0. The molecular weight excluding hydrogens is 146 g/mol. The molecule has 0 aliphatic carbocycles. The second-order valence-electron chi connectivity index (χ2n) is 3.04. The first-order valence-corrected chi connectivity index (χ1v) is 4.19. The third-order valence-electron chi connectivity index (χ3n) is 1.99. The van der Waals surface area contributed by atoms with E-state index in [1.54, 1.807) is 0 Å². The van der Waals surface area contributed by atoms with E-state index >= 15 is 0 Å². The Hall–Kier alpha value is -1.24. The second-order valence-corrected chi connectivity index (χ2v) is 3.04. The van der Waals surface area contributed by atoms with Crippen molar-refractivity contribution >= 4 is 5.70 Å². The summed E-state index contributed by atoms with van der Waals surface area (Å²) in [6.45, 7) is 7.94. The van der Waals surface area contributed by atoms with Crippen LogP contribution in [0.4, 0.5) is 0 Å². The van der Waals surface area contributed by atoms with Crippen molar-refractivity contribution in [2.75, 3.05) is 0 Å². The molecule has 1 aromatic rings. The fourth-order valence-corrected chi connectivity index (χ4v) is 1.30. The normalized spacial score (nSPS) is 9.83. The van der Waals surface area contributed by atoms with E-state index in [1.165, 1.54) is 11.1 Å². The SMILES string of the molecule is C=C(N)c1cc(C)ccc1CC. The zero-order valence-corrected chi connectivity index (χ0v) is 7.72. The van der Waals surface area contributed by atoms with Crippen molar-refractivity contribution in [2.24, 2.45) is 5.73 Å². The number of rotatable bonds is 2. The molecule has 0 atom stereocenters. The number of nitrogens with two attached hydrogens (primary N) is 1. The zero-order chi connectivity index (χ0) is 9.14. The Bertz CT molecular complexity index is 300. The van der Waals surface area contributed by atoms with Crippen LogP contribution in [0.3, 0.4) is 0 Å². The molecule has 0 amide bonds. The molecule has 0 fully saturated rings. The number of hydrogen-bond donors (Lipinski definition) is 1. The third kappa shape index (κ3) is 1.67. The predicted molar refractivity (Wildman–Crippen MR) is 53.8 cm³/mol. The van der Waals surface area contributed by atoms with Crippen molar-refractivity contribution in [3.05, 3.63) is 41.5 Å². The van der Waals surface area contributed by atoms with Gasteiger partial charge in [-0.3, -0.25) is 0 Å². The van der Waals surface area contributed by atoms with Gasteiger partial charge in [0.25, 0.3) is 0 Å². The highest BCUT2D eigenvalue weighted by Crippen LogP contribution is 2.16. The molecule has 64 valence electrons. The first-order chi connectivity index (χ1) is 5.65. The minimum absolute atomic E-state index is 0.663. The molecule has 1 heteroatoms. The highest BCUT2D eigenvalue weighted by molar-refractivity contribution is 5.64. The molecule has 0 bridgehead atoms. The van der Waals surface area contributed by atoms with Crippen LogP contribution < -0.4 is 5.73 Å². The van der Waals surface area contributed by atoms with Crippen molar-refractivity contribution in [2.45, 2.75) is 20.3 Å². The molecule has 0 saturated carbocycles. The largest absolute Gasteiger partial charge is 0.399 e. The van der Waals surface area contributed by atoms with Gasteiger partial charge in [-0.05, 0) is 25.0 Å². The molecule has 0 heterocycles. The van der Waals surface area contributed by atoms with Crippen LogP contribution in [0.25, 0.3) is 5.70 Å². The molecule has 0 unspecified atom stereocenters. The van der Waals surface area contributed by atoms with Gasteiger partial charge in [-0.25, -0.2) is 0 Å². The lowest BCUT2D eigenvalue weighted by atomic mass is 10.0. The zero-order valence-electron chi connectivity index (χ0n) is 7.72. The first kappa shape index (κ1) is 8.85. The monoisotopic (exact) mass is 161 g/mol. The summed E-state index contributed by atoms with van der Waals surface area (Å²) in [5.41, 5.74) is 9.92. The summed E-state index contributed by atoms with van der Waals surface area (Å²) in [5.74, 6) is 0. The molecule has 0 saturated heterocycles. The fourth-order valence-electron chi connectivity index (χ4n) is 1.30. The van der Waals surface area contributed by atoms with Gasteiger partial charge in [-0.2, -0.15) is 0 Å². The Balaban J connectivity index is 3.21. The van der Waals surface area contributed by atoms with E-state index < -0.39 is 0 Å². The van der Waals surface area contributed by atoms with Crippen LogP contribution in [0.2, 0.25) is 0 Å². The molecule has 0 aliphatic heterocycles. The summed E-state index contributed by atoms with van der Waals surface area (Å²) in [6, 6.07) is 6.30. The Kier molecular flexibility index (Phi) is 2.54. The van der Waals surface area contributed by atoms with Gasteiger partial charge in [0, 0.05) is 11.3 Å². The molecule has 1 nitrogen and oxygen atoms in total. The van der Waals surface area contributed by atoms with Crippen molar-refractivity contribution in [1.82, 2.24) is 0 Å². The topological polar surface area (TPSA) is 26.0 Å². The van der Waals surface area contributed by atoms with Crippen molar-refractivity contribution < 1.29 is 0 Å². The van der Waals surface area contributed by atoms with Gasteiger partial charge >= 0.3 is 0 Å². The number of aryl methyl sites for hydroxylation is 2. The molecule has 12 heavy (non-hydrogen) atoms. The van der Waals surface area contributed by atoms with Crippen LogP contribution in [0, 0.1) is 6.92 Å². The lowest BCUT2D eigenvalue weighted by Gasteiger charge is -2.07. The van der Waals surface area contributed by atoms with Crippen molar-refractivity contribution in [1.29, 1.82) is 0 Å². The van der Waals surface area contributed by atoms with Crippen LogP contribution in [0.5, 0.6) is 0 Å². The molecule has 1 rings (SSSR count). The maximum absolute atomic E-state index is 5.66. The minimum Gasteiger partial charge on any atom is -0.399 e. The molecule has 0 aliphatic rings. The van der Waals surface area contributed by atoms with Crippen molar-refractivity contribution in [3.8, 4) is 0 Å². The lowest BCUT2D eigenvalue weighted by Crippen LogP contribution is -1.99. The molecule has 0 radical (unpaired) electrons. The summed E-state index contributed by atoms with van der Waals surface area (Å²) in [4.78, 5) is 0. The maximum Gasteiger partial charge on any atom is 0.0317 e. The highest BCUT2D eigenvalue weighted by atomic mass is 14.6. The van der Waals surface area contributed by atoms with Gasteiger partial charge in [0.05, 0.1) is 0 Å². The molecular formula is C11H15N. The average molecular weight is 161 g/mol. The lowest BCUT2D eigenvalue weighted by molar-refractivity contribution is 1.12. The van der Waals surface area contributed by atoms with E-state index in [1.807, 2.05) is 0 Å². The fraction of sp³-hybridized carbons (Fsp3) is 0.273. The first-order valence-electron chi connectivity index (χ1n) is 4.19. The molecule has 0 aromatic heterocycles. The Morgan fingerprint density at radius 2 is 2.17 bits per heavy atom. The van der Waals surface area contributed by atoms with E-state index in [0.717, 1.165) is 12.0 Å². The van der Waals surface area contributed by atoms with Gasteiger partial charge in [-0.15, -0.1) is 0 Å². The Morgan fingerprint density at radius 1 is 1.50 bits per heavy atom. The van der Waals surface area contributed by atoms with Crippen LogP contribution in [0.15, 0.2) is 24.8 Å².